The van der Waals surface area contributed by atoms with Crippen molar-refractivity contribution in [2.24, 2.45) is 5.92 Å². The van der Waals surface area contributed by atoms with Gasteiger partial charge in [-0.15, -0.1) is 0 Å². The van der Waals surface area contributed by atoms with Crippen LogP contribution in [0.25, 0.3) is 0 Å². The minimum absolute atomic E-state index is 0.212. The van der Waals surface area contributed by atoms with Gasteiger partial charge in [0.2, 0.25) is 0 Å². The van der Waals surface area contributed by atoms with Crippen LogP contribution >= 0.6 is 0 Å². The zero-order valence-corrected chi connectivity index (χ0v) is 18.2. The molecule has 0 unspecified atom stereocenters. The number of nitrogen functional groups attached to an aromatic ring is 1. The fraction of sp³-hybridized carbons (Fsp3) is 0.545. The molecular formula is C22H34N4O3. The van der Waals surface area contributed by atoms with Crippen LogP contribution in [-0.4, -0.2) is 29.8 Å². The van der Waals surface area contributed by atoms with Gasteiger partial charge in [0.15, 0.2) is 0 Å². The smallest absolute Gasteiger partial charge is 0.330 e. The number of aromatic nitrogens is 2. The van der Waals surface area contributed by atoms with Gasteiger partial charge in [-0.05, 0) is 29.4 Å². The van der Waals surface area contributed by atoms with E-state index in [2.05, 4.69) is 43.1 Å². The lowest BCUT2D eigenvalue weighted by atomic mass is 10.0. The van der Waals surface area contributed by atoms with Gasteiger partial charge in [-0.2, -0.15) is 0 Å². The van der Waals surface area contributed by atoms with Gasteiger partial charge in [0.05, 0.1) is 0 Å². The number of rotatable bonds is 10. The molecule has 1 aromatic heterocycles. The predicted octanol–water partition coefficient (Wildman–Crippen LogP) is 2.94. The molecule has 0 spiro atoms. The molecule has 29 heavy (non-hydrogen) atoms. The number of aromatic amines is 1. The van der Waals surface area contributed by atoms with Gasteiger partial charge in [0, 0.05) is 33.4 Å². The maximum atomic E-state index is 12.7. The Morgan fingerprint density at radius 3 is 2.34 bits per heavy atom. The van der Waals surface area contributed by atoms with E-state index in [0.29, 0.717) is 37.8 Å². The van der Waals surface area contributed by atoms with Crippen molar-refractivity contribution in [1.82, 2.24) is 9.55 Å². The number of nitrogens with two attached hydrogens (primary N) is 1. The Morgan fingerprint density at radius 2 is 1.79 bits per heavy atom. The molecule has 2 rings (SSSR count). The van der Waals surface area contributed by atoms with Crippen molar-refractivity contribution in [1.29, 1.82) is 0 Å². The Bertz CT molecular complexity index is 898. The number of hydrogen-bond donors (Lipinski definition) is 2. The summed E-state index contributed by atoms with van der Waals surface area (Å²) in [6.07, 6.45) is 0.739. The fourth-order valence-electron chi connectivity index (χ4n) is 3.33. The van der Waals surface area contributed by atoms with Gasteiger partial charge in [-0.1, -0.05) is 52.0 Å². The highest BCUT2D eigenvalue weighted by Gasteiger charge is 2.19. The summed E-state index contributed by atoms with van der Waals surface area (Å²) in [5.41, 5.74) is 8.09. The molecule has 7 heteroatoms. The highest BCUT2D eigenvalue weighted by molar-refractivity contribution is 5.62. The molecule has 0 saturated heterocycles. The fourth-order valence-corrected chi connectivity index (χ4v) is 3.33. The van der Waals surface area contributed by atoms with E-state index in [1.54, 1.807) is 7.11 Å². The Morgan fingerprint density at radius 1 is 1.14 bits per heavy atom. The number of hydrogen-bond acceptors (Lipinski definition) is 5. The minimum Gasteiger partial charge on any atom is -0.385 e. The topological polar surface area (TPSA) is 93.3 Å². The Labute approximate surface area is 172 Å². The quantitative estimate of drug-likeness (QED) is 0.596. The lowest BCUT2D eigenvalue weighted by Crippen LogP contribution is -2.39. The molecule has 0 fully saturated rings. The third kappa shape index (κ3) is 5.97. The summed E-state index contributed by atoms with van der Waals surface area (Å²) >= 11 is 0. The van der Waals surface area contributed by atoms with Crippen LogP contribution in [0, 0.1) is 5.92 Å². The van der Waals surface area contributed by atoms with Crippen molar-refractivity contribution in [2.75, 3.05) is 30.9 Å². The lowest BCUT2D eigenvalue weighted by molar-refractivity contribution is 0.196. The van der Waals surface area contributed by atoms with Crippen molar-refractivity contribution in [3.63, 3.8) is 0 Å². The molecule has 1 aromatic carbocycles. The summed E-state index contributed by atoms with van der Waals surface area (Å²) in [5.74, 6) is 0.892. The van der Waals surface area contributed by atoms with Gasteiger partial charge in [-0.3, -0.25) is 14.3 Å². The summed E-state index contributed by atoms with van der Waals surface area (Å²) in [6, 6.07) is 8.38. The van der Waals surface area contributed by atoms with E-state index >= 15 is 0 Å². The van der Waals surface area contributed by atoms with Gasteiger partial charge in [-0.25, -0.2) is 4.79 Å². The Kier molecular flexibility index (Phi) is 8.08. The van der Waals surface area contributed by atoms with Crippen molar-refractivity contribution in [3.8, 4) is 0 Å². The van der Waals surface area contributed by atoms with Gasteiger partial charge >= 0.3 is 5.69 Å². The molecule has 0 aliphatic rings. The number of nitrogens with zero attached hydrogens (tertiary/aromatic N) is 2. The van der Waals surface area contributed by atoms with E-state index in [-0.39, 0.29) is 11.7 Å². The second kappa shape index (κ2) is 10.3. The summed E-state index contributed by atoms with van der Waals surface area (Å²) in [4.78, 5) is 29.3. The number of methoxy groups -OCH3 is 1. The summed E-state index contributed by atoms with van der Waals surface area (Å²) in [5, 5.41) is 0. The molecule has 0 aliphatic heterocycles. The first-order chi connectivity index (χ1) is 13.7. The molecular weight excluding hydrogens is 368 g/mol. The van der Waals surface area contributed by atoms with E-state index in [0.717, 1.165) is 12.0 Å². The summed E-state index contributed by atoms with van der Waals surface area (Å²) in [6.45, 7) is 10.5. The average Bonchev–Trinajstić information content (AvgIpc) is 2.65. The number of benzene rings is 1. The maximum Gasteiger partial charge on any atom is 0.330 e. The highest BCUT2D eigenvalue weighted by atomic mass is 16.5. The number of H-pyrrole nitrogens is 1. The van der Waals surface area contributed by atoms with Crippen LogP contribution in [0.2, 0.25) is 0 Å². The molecule has 3 N–H and O–H groups in total. The van der Waals surface area contributed by atoms with Crippen LogP contribution in [0.1, 0.15) is 51.2 Å². The highest BCUT2D eigenvalue weighted by Crippen LogP contribution is 2.22. The standard InChI is InChI=1S/C22H34N4O3/c1-15(2)13-26-20(23)19(21(27)24-22(26)28)25(11-6-12-29-5)14-17-7-9-18(10-8-17)16(3)4/h7-10,15-16H,6,11-14,23H2,1-5H3,(H,24,27,28). The SMILES string of the molecule is COCCCN(Cc1ccc(C(C)C)cc1)c1c(N)n(CC(C)C)c(=O)[nH]c1=O. The van der Waals surface area contributed by atoms with Gasteiger partial charge in [0.25, 0.3) is 5.56 Å². The van der Waals surface area contributed by atoms with Crippen LogP contribution in [0.4, 0.5) is 11.5 Å². The van der Waals surface area contributed by atoms with Crippen molar-refractivity contribution in [2.45, 2.75) is 53.1 Å². The second-order valence-electron chi connectivity index (χ2n) is 8.16. The van der Waals surface area contributed by atoms with Crippen molar-refractivity contribution >= 4 is 11.5 Å². The first-order valence-electron chi connectivity index (χ1n) is 10.2. The maximum absolute atomic E-state index is 12.7. The molecule has 160 valence electrons. The normalized spacial score (nSPS) is 11.4. The first kappa shape index (κ1) is 22.7. The predicted molar refractivity (Wildman–Crippen MR) is 119 cm³/mol. The number of anilines is 2. The van der Waals surface area contributed by atoms with Gasteiger partial charge in [0.1, 0.15) is 11.5 Å². The molecule has 0 atom stereocenters. The molecule has 0 radical (unpaired) electrons. The van der Waals surface area contributed by atoms with Crippen LogP contribution in [-0.2, 0) is 17.8 Å². The van der Waals surface area contributed by atoms with Crippen LogP contribution < -0.4 is 21.9 Å². The molecule has 2 aromatic rings. The zero-order chi connectivity index (χ0) is 21.6. The molecule has 0 aliphatic carbocycles. The van der Waals surface area contributed by atoms with Crippen molar-refractivity contribution < 1.29 is 4.74 Å². The Balaban J connectivity index is 2.43. The lowest BCUT2D eigenvalue weighted by Gasteiger charge is -2.27. The van der Waals surface area contributed by atoms with E-state index in [4.69, 9.17) is 10.5 Å². The summed E-state index contributed by atoms with van der Waals surface area (Å²) < 4.78 is 6.63. The van der Waals surface area contributed by atoms with Crippen LogP contribution in [0.3, 0.4) is 0 Å². The monoisotopic (exact) mass is 402 g/mol. The molecule has 7 nitrogen and oxygen atoms in total. The van der Waals surface area contributed by atoms with Gasteiger partial charge < -0.3 is 15.4 Å². The third-order valence-corrected chi connectivity index (χ3v) is 4.87. The van der Waals surface area contributed by atoms with Crippen molar-refractivity contribution in [3.05, 3.63) is 56.2 Å². The second-order valence-corrected chi connectivity index (χ2v) is 8.16. The average molecular weight is 403 g/mol. The Hall–Kier alpha value is -2.54. The zero-order valence-electron chi connectivity index (χ0n) is 18.2. The molecule has 1 heterocycles. The summed E-state index contributed by atoms with van der Waals surface area (Å²) in [7, 11) is 1.65. The number of ether oxygens (including phenoxy) is 1. The number of nitrogens with one attached hydrogen (secondary N) is 1. The molecule has 0 bridgehead atoms. The first-order valence-corrected chi connectivity index (χ1v) is 10.2. The van der Waals surface area contributed by atoms with E-state index in [9.17, 15) is 9.59 Å². The largest absolute Gasteiger partial charge is 0.385 e. The van der Waals surface area contributed by atoms with E-state index in [1.807, 2.05) is 18.7 Å². The van der Waals surface area contributed by atoms with E-state index < -0.39 is 11.2 Å². The van der Waals surface area contributed by atoms with Crippen LogP contribution in [0.15, 0.2) is 33.9 Å². The molecule has 0 amide bonds. The molecule has 0 saturated carbocycles. The third-order valence-electron chi connectivity index (χ3n) is 4.87. The van der Waals surface area contributed by atoms with Crippen LogP contribution in [0.5, 0.6) is 0 Å². The minimum atomic E-state index is -0.469. The van der Waals surface area contributed by atoms with E-state index in [1.165, 1.54) is 10.1 Å².